The van der Waals surface area contributed by atoms with Gasteiger partial charge >= 0.3 is 5.69 Å². The van der Waals surface area contributed by atoms with Gasteiger partial charge in [0.1, 0.15) is 11.9 Å². The highest BCUT2D eigenvalue weighted by atomic mass is 16.6. The summed E-state index contributed by atoms with van der Waals surface area (Å²) in [6.45, 7) is 1.56. The maximum atomic E-state index is 10.3. The first kappa shape index (κ1) is 8.66. The molecule has 1 heterocycles. The number of aliphatic hydroxyl groups is 1. The highest BCUT2D eigenvalue weighted by molar-refractivity contribution is 5.32. The van der Waals surface area contributed by atoms with E-state index in [1.807, 2.05) is 0 Å². The summed E-state index contributed by atoms with van der Waals surface area (Å²) < 4.78 is 0. The lowest BCUT2D eigenvalue weighted by atomic mass is 10.2. The van der Waals surface area contributed by atoms with Crippen LogP contribution in [0, 0.1) is 10.1 Å². The van der Waals surface area contributed by atoms with Crippen molar-refractivity contribution in [2.24, 2.45) is 0 Å². The molecule has 66 valence electrons. The van der Waals surface area contributed by atoms with Gasteiger partial charge in [-0.15, -0.1) is 0 Å². The molecule has 0 aliphatic heterocycles. The lowest BCUT2D eigenvalue weighted by molar-refractivity contribution is -0.385. The van der Waals surface area contributed by atoms with E-state index in [2.05, 4.69) is 10.2 Å². The lowest BCUT2D eigenvalue weighted by Crippen LogP contribution is -2.06. The van der Waals surface area contributed by atoms with Crippen LogP contribution in [0.4, 0.5) is 5.69 Å². The number of hydrogen-bond donors (Lipinski definition) is 2. The van der Waals surface area contributed by atoms with E-state index in [1.54, 1.807) is 6.92 Å². The van der Waals surface area contributed by atoms with Crippen molar-refractivity contribution in [1.29, 1.82) is 0 Å². The molecule has 0 aliphatic rings. The van der Waals surface area contributed by atoms with Gasteiger partial charge in [0.05, 0.1) is 11.0 Å². The van der Waals surface area contributed by atoms with Crippen molar-refractivity contribution in [1.82, 2.24) is 10.2 Å². The highest BCUT2D eigenvalue weighted by Gasteiger charge is 2.16. The third-order valence-electron chi connectivity index (χ3n) is 1.39. The number of nitrogens with one attached hydrogen (secondary N) is 1. The Hall–Kier alpha value is -1.43. The fourth-order valence-electron chi connectivity index (χ4n) is 0.909. The zero-order valence-corrected chi connectivity index (χ0v) is 6.52. The Balaban J connectivity index is 2.84. The molecular weight excluding hydrogens is 162 g/mol. The maximum absolute atomic E-state index is 10.3. The van der Waals surface area contributed by atoms with Gasteiger partial charge < -0.3 is 5.11 Å². The molecule has 1 atom stereocenters. The summed E-state index contributed by atoms with van der Waals surface area (Å²) in [5, 5.41) is 25.3. The first-order valence-corrected chi connectivity index (χ1v) is 3.46. The average Bonchev–Trinajstić information content (AvgIpc) is 2.33. The third-order valence-corrected chi connectivity index (χ3v) is 1.39. The van der Waals surface area contributed by atoms with Gasteiger partial charge in [-0.25, -0.2) is 0 Å². The summed E-state index contributed by atoms with van der Waals surface area (Å²) in [6.07, 6.45) is 0.748. The van der Waals surface area contributed by atoms with Crippen molar-refractivity contribution in [2.45, 2.75) is 19.4 Å². The van der Waals surface area contributed by atoms with Crippen molar-refractivity contribution in [3.63, 3.8) is 0 Å². The van der Waals surface area contributed by atoms with E-state index in [-0.39, 0.29) is 12.1 Å². The monoisotopic (exact) mass is 171 g/mol. The van der Waals surface area contributed by atoms with Crippen LogP contribution in [0.25, 0.3) is 0 Å². The van der Waals surface area contributed by atoms with Gasteiger partial charge in [-0.05, 0) is 6.92 Å². The van der Waals surface area contributed by atoms with Crippen molar-refractivity contribution in [2.75, 3.05) is 0 Å². The van der Waals surface area contributed by atoms with Crippen LogP contribution in [-0.4, -0.2) is 26.3 Å². The molecule has 0 amide bonds. The van der Waals surface area contributed by atoms with Crippen LogP contribution in [0.5, 0.6) is 0 Å². The summed E-state index contributed by atoms with van der Waals surface area (Å²) in [5.74, 6) is 0. The van der Waals surface area contributed by atoms with Crippen molar-refractivity contribution < 1.29 is 10.0 Å². The van der Waals surface area contributed by atoms with Gasteiger partial charge in [-0.3, -0.25) is 15.2 Å². The van der Waals surface area contributed by atoms with Crippen LogP contribution < -0.4 is 0 Å². The molecule has 1 aromatic rings. The zero-order valence-electron chi connectivity index (χ0n) is 6.52. The Bertz CT molecular complexity index is 281. The molecular formula is C6H9N3O3. The predicted molar refractivity (Wildman–Crippen MR) is 40.6 cm³/mol. The number of hydrogen-bond acceptors (Lipinski definition) is 4. The highest BCUT2D eigenvalue weighted by Crippen LogP contribution is 2.15. The number of H-pyrrole nitrogens is 1. The SMILES string of the molecule is CC(O)Cc1[nH]ncc1[N+](=O)[O-]. The molecule has 6 heteroatoms. The van der Waals surface area contributed by atoms with Crippen LogP contribution in [0.3, 0.4) is 0 Å². The fraction of sp³-hybridized carbons (Fsp3) is 0.500. The summed E-state index contributed by atoms with van der Waals surface area (Å²) in [5.41, 5.74) is 0.283. The maximum Gasteiger partial charge on any atom is 0.309 e. The number of aliphatic hydroxyl groups excluding tert-OH is 1. The van der Waals surface area contributed by atoms with Crippen LogP contribution in [0.2, 0.25) is 0 Å². The van der Waals surface area contributed by atoms with E-state index in [0.29, 0.717) is 5.69 Å². The van der Waals surface area contributed by atoms with Crippen molar-refractivity contribution >= 4 is 5.69 Å². The average molecular weight is 171 g/mol. The second-order valence-electron chi connectivity index (χ2n) is 2.54. The molecule has 0 aromatic carbocycles. The van der Waals surface area contributed by atoms with Gasteiger partial charge in [-0.1, -0.05) is 0 Å². The third kappa shape index (κ3) is 1.79. The van der Waals surface area contributed by atoms with E-state index in [0.717, 1.165) is 6.20 Å². The second kappa shape index (κ2) is 3.31. The first-order chi connectivity index (χ1) is 5.61. The Morgan fingerprint density at radius 3 is 3.08 bits per heavy atom. The molecule has 1 unspecified atom stereocenters. The Labute approximate surface area is 68.4 Å². The standard InChI is InChI=1S/C6H9N3O3/c1-4(10)2-5-6(9(11)12)3-7-8-5/h3-4,10H,2H2,1H3,(H,7,8). The molecule has 0 saturated carbocycles. The van der Waals surface area contributed by atoms with E-state index in [4.69, 9.17) is 5.11 Å². The minimum atomic E-state index is -0.607. The van der Waals surface area contributed by atoms with Gasteiger partial charge in [-0.2, -0.15) is 5.10 Å². The number of aromatic amines is 1. The number of nitrogens with zero attached hydrogens (tertiary/aromatic N) is 2. The molecule has 0 fully saturated rings. The van der Waals surface area contributed by atoms with Crippen LogP contribution in [-0.2, 0) is 6.42 Å². The topological polar surface area (TPSA) is 92.0 Å². The molecule has 0 spiro atoms. The minimum Gasteiger partial charge on any atom is -0.393 e. The van der Waals surface area contributed by atoms with Crippen LogP contribution >= 0.6 is 0 Å². The van der Waals surface area contributed by atoms with E-state index in [1.165, 1.54) is 0 Å². The number of aromatic nitrogens is 2. The zero-order chi connectivity index (χ0) is 9.14. The summed E-state index contributed by atoms with van der Waals surface area (Å²) >= 11 is 0. The molecule has 0 bridgehead atoms. The minimum absolute atomic E-state index is 0.0732. The molecule has 0 radical (unpaired) electrons. The second-order valence-corrected chi connectivity index (χ2v) is 2.54. The van der Waals surface area contributed by atoms with Crippen LogP contribution in [0.1, 0.15) is 12.6 Å². The summed E-state index contributed by atoms with van der Waals surface area (Å²) in [6, 6.07) is 0. The predicted octanol–water partition coefficient (Wildman–Crippen LogP) is 0.241. The summed E-state index contributed by atoms with van der Waals surface area (Å²) in [7, 11) is 0. The molecule has 6 nitrogen and oxygen atoms in total. The molecule has 12 heavy (non-hydrogen) atoms. The van der Waals surface area contributed by atoms with Gasteiger partial charge in [0.15, 0.2) is 0 Å². The Morgan fingerprint density at radius 1 is 1.92 bits per heavy atom. The first-order valence-electron chi connectivity index (χ1n) is 3.46. The normalized spacial score (nSPS) is 12.8. The fourth-order valence-corrected chi connectivity index (χ4v) is 0.909. The number of nitro groups is 1. The van der Waals surface area contributed by atoms with E-state index < -0.39 is 11.0 Å². The van der Waals surface area contributed by atoms with Gasteiger partial charge in [0, 0.05) is 6.42 Å². The molecule has 2 N–H and O–H groups in total. The van der Waals surface area contributed by atoms with Crippen molar-refractivity contribution in [3.8, 4) is 0 Å². The van der Waals surface area contributed by atoms with Gasteiger partial charge in [0.2, 0.25) is 0 Å². The van der Waals surface area contributed by atoms with E-state index in [9.17, 15) is 10.1 Å². The smallest absolute Gasteiger partial charge is 0.309 e. The Morgan fingerprint density at radius 2 is 2.58 bits per heavy atom. The molecule has 1 aromatic heterocycles. The molecule has 1 rings (SSSR count). The molecule has 0 aliphatic carbocycles. The van der Waals surface area contributed by atoms with E-state index >= 15 is 0 Å². The van der Waals surface area contributed by atoms with Gasteiger partial charge in [0.25, 0.3) is 0 Å². The number of rotatable bonds is 3. The quantitative estimate of drug-likeness (QED) is 0.503. The lowest BCUT2D eigenvalue weighted by Gasteiger charge is -1.99. The molecule has 0 saturated heterocycles. The Kier molecular flexibility index (Phi) is 2.39. The van der Waals surface area contributed by atoms with Crippen molar-refractivity contribution in [3.05, 3.63) is 22.0 Å². The largest absolute Gasteiger partial charge is 0.393 e. The summed E-state index contributed by atoms with van der Waals surface area (Å²) in [4.78, 5) is 9.80. The van der Waals surface area contributed by atoms with Crippen LogP contribution in [0.15, 0.2) is 6.20 Å².